The third kappa shape index (κ3) is 29.5. The Bertz CT molecular complexity index is 1300. The smallest absolute Gasteiger partial charge is 0.462 e. The number of rotatable bonds is 37. The molecular weight excluding hydrogens is 803 g/mol. The van der Waals surface area contributed by atoms with Gasteiger partial charge in [0.05, 0.1) is 6.61 Å². The standard InChI is InChI=1S/C47H81O13P/c1-3-5-7-9-11-13-15-17-19-20-22-24-26-28-30-32-34-36-41(49)59-39(38-58-61(55,56)60-47-45(53)43(51)42(50)44(52)46(47)54)37-57-40(48)35-33-31-29-27-25-23-21-18-16-14-12-10-8-6-4-2/h5,7,11,13,17-19,21-22,24,39,42-47,50-54H,3-4,6,8-10,12,14-16,20,23,25-38H2,1-2H3,(H,55,56). The van der Waals surface area contributed by atoms with Gasteiger partial charge in [-0.05, 0) is 77.0 Å². The number of unbranched alkanes of at least 4 members (excludes halogenated alkanes) is 15. The van der Waals surface area contributed by atoms with Crippen LogP contribution in [0.25, 0.3) is 0 Å². The second-order valence-electron chi connectivity index (χ2n) is 15.9. The normalized spacial score (nSPS) is 22.6. The summed E-state index contributed by atoms with van der Waals surface area (Å²) in [5, 5.41) is 50.1. The molecule has 1 fully saturated rings. The van der Waals surface area contributed by atoms with Crippen molar-refractivity contribution < 1.29 is 63.1 Å². The molecule has 0 aromatic heterocycles. The zero-order valence-corrected chi connectivity index (χ0v) is 38.1. The molecule has 0 heterocycles. The summed E-state index contributed by atoms with van der Waals surface area (Å²) in [6.07, 6.45) is 31.3. The van der Waals surface area contributed by atoms with Gasteiger partial charge >= 0.3 is 19.8 Å². The van der Waals surface area contributed by atoms with E-state index in [4.69, 9.17) is 18.5 Å². The lowest BCUT2D eigenvalue weighted by atomic mass is 9.85. The zero-order valence-electron chi connectivity index (χ0n) is 37.2. The third-order valence-electron chi connectivity index (χ3n) is 10.3. The number of hydrogen-bond donors (Lipinski definition) is 6. The first kappa shape index (κ1) is 56.6. The van der Waals surface area contributed by atoms with E-state index in [1.165, 1.54) is 38.5 Å². The molecule has 1 rings (SSSR count). The Hall–Kier alpha value is -2.45. The lowest BCUT2D eigenvalue weighted by molar-refractivity contribution is -0.220. The largest absolute Gasteiger partial charge is 0.472 e. The number of esters is 2. The van der Waals surface area contributed by atoms with Crippen LogP contribution in [0.3, 0.4) is 0 Å². The molecule has 1 aliphatic rings. The van der Waals surface area contributed by atoms with E-state index in [-0.39, 0.29) is 12.8 Å². The summed E-state index contributed by atoms with van der Waals surface area (Å²) < 4.78 is 33.5. The number of hydrogen-bond acceptors (Lipinski definition) is 12. The Morgan fingerprint density at radius 3 is 1.44 bits per heavy atom. The van der Waals surface area contributed by atoms with E-state index >= 15 is 0 Å². The van der Waals surface area contributed by atoms with Crippen molar-refractivity contribution >= 4 is 19.8 Å². The molecular formula is C47H81O13P. The lowest BCUT2D eigenvalue weighted by Gasteiger charge is -2.41. The summed E-state index contributed by atoms with van der Waals surface area (Å²) in [5.74, 6) is -1.14. The lowest BCUT2D eigenvalue weighted by Crippen LogP contribution is -2.64. The van der Waals surface area contributed by atoms with E-state index in [2.05, 4.69) is 74.6 Å². The van der Waals surface area contributed by atoms with Crippen molar-refractivity contribution in [2.45, 2.75) is 211 Å². The molecule has 6 unspecified atom stereocenters. The SMILES string of the molecule is CCC=CCC=CCC=CCC=CCCCCCCC(=O)OC(COC(=O)CCCCCCCC=CCCCCCCCC)COP(=O)(O)OC1C(O)C(O)C(O)C(O)C1O. The van der Waals surface area contributed by atoms with Crippen LogP contribution in [-0.2, 0) is 32.7 Å². The van der Waals surface area contributed by atoms with Crippen molar-refractivity contribution in [3.63, 3.8) is 0 Å². The van der Waals surface area contributed by atoms with Gasteiger partial charge in [-0.3, -0.25) is 18.6 Å². The van der Waals surface area contributed by atoms with Gasteiger partial charge in [0.1, 0.15) is 43.2 Å². The number of phosphoric ester groups is 1. The molecule has 1 saturated carbocycles. The molecule has 0 aromatic rings. The molecule has 0 saturated heterocycles. The Morgan fingerprint density at radius 2 is 0.934 bits per heavy atom. The van der Waals surface area contributed by atoms with Crippen LogP contribution in [0.1, 0.15) is 168 Å². The number of aliphatic hydroxyl groups is 5. The summed E-state index contributed by atoms with van der Waals surface area (Å²) in [7, 11) is -5.13. The van der Waals surface area contributed by atoms with Gasteiger partial charge in [0, 0.05) is 12.8 Å². The minimum absolute atomic E-state index is 0.0647. The summed E-state index contributed by atoms with van der Waals surface area (Å²) in [6, 6.07) is 0. The molecule has 13 nitrogen and oxygen atoms in total. The molecule has 0 aliphatic heterocycles. The highest BCUT2D eigenvalue weighted by atomic mass is 31.2. The van der Waals surface area contributed by atoms with Crippen LogP contribution >= 0.6 is 7.82 Å². The quantitative estimate of drug-likeness (QED) is 0.0149. The van der Waals surface area contributed by atoms with Gasteiger partial charge in [-0.15, -0.1) is 0 Å². The fourth-order valence-corrected chi connectivity index (χ4v) is 7.60. The van der Waals surface area contributed by atoms with Crippen LogP contribution in [0, 0.1) is 0 Å². The van der Waals surface area contributed by atoms with E-state index < -0.39 is 75.7 Å². The first-order chi connectivity index (χ1) is 29.4. The summed E-state index contributed by atoms with van der Waals surface area (Å²) in [4.78, 5) is 35.7. The third-order valence-corrected chi connectivity index (χ3v) is 11.3. The number of phosphoric acid groups is 1. The Morgan fingerprint density at radius 1 is 0.525 bits per heavy atom. The Balaban J connectivity index is 2.49. The van der Waals surface area contributed by atoms with Gasteiger partial charge < -0.3 is 39.9 Å². The molecule has 6 N–H and O–H groups in total. The topological polar surface area (TPSA) is 210 Å². The fraction of sp³-hybridized carbons (Fsp3) is 0.745. The second kappa shape index (κ2) is 37.0. The summed E-state index contributed by atoms with van der Waals surface area (Å²) >= 11 is 0. The molecule has 0 amide bonds. The molecule has 0 spiro atoms. The molecule has 6 atom stereocenters. The van der Waals surface area contributed by atoms with Crippen molar-refractivity contribution in [3.8, 4) is 0 Å². The Kier molecular flexibility index (Phi) is 34.3. The monoisotopic (exact) mass is 885 g/mol. The van der Waals surface area contributed by atoms with Crippen LogP contribution in [-0.4, -0.2) is 98.3 Å². The molecule has 0 aromatic carbocycles. The van der Waals surface area contributed by atoms with Crippen LogP contribution in [0.15, 0.2) is 60.8 Å². The van der Waals surface area contributed by atoms with E-state index in [0.29, 0.717) is 12.8 Å². The van der Waals surface area contributed by atoms with Crippen molar-refractivity contribution in [1.82, 2.24) is 0 Å². The van der Waals surface area contributed by atoms with Crippen molar-refractivity contribution in [2.24, 2.45) is 0 Å². The zero-order chi connectivity index (χ0) is 45.0. The number of ether oxygens (including phenoxy) is 2. The highest BCUT2D eigenvalue weighted by Crippen LogP contribution is 2.47. The molecule has 352 valence electrons. The number of carbonyl (C=O) groups excluding carboxylic acids is 2. The highest BCUT2D eigenvalue weighted by molar-refractivity contribution is 7.47. The summed E-state index contributed by atoms with van der Waals surface area (Å²) in [6.45, 7) is 3.15. The molecule has 1 aliphatic carbocycles. The first-order valence-electron chi connectivity index (χ1n) is 23.1. The van der Waals surface area contributed by atoms with Gasteiger partial charge in [0.2, 0.25) is 0 Å². The number of aliphatic hydroxyl groups excluding tert-OH is 5. The molecule has 0 radical (unpaired) electrons. The predicted molar refractivity (Wildman–Crippen MR) is 239 cm³/mol. The van der Waals surface area contributed by atoms with Crippen LogP contribution < -0.4 is 0 Å². The van der Waals surface area contributed by atoms with E-state index in [1.807, 2.05) is 0 Å². The van der Waals surface area contributed by atoms with E-state index in [9.17, 15) is 44.6 Å². The van der Waals surface area contributed by atoms with Crippen molar-refractivity contribution in [1.29, 1.82) is 0 Å². The van der Waals surface area contributed by atoms with Crippen molar-refractivity contribution in [2.75, 3.05) is 13.2 Å². The van der Waals surface area contributed by atoms with Crippen LogP contribution in [0.5, 0.6) is 0 Å². The maximum atomic E-state index is 12.8. The predicted octanol–water partition coefficient (Wildman–Crippen LogP) is 8.94. The minimum atomic E-state index is -5.13. The van der Waals surface area contributed by atoms with E-state index in [1.54, 1.807) is 0 Å². The van der Waals surface area contributed by atoms with Crippen LogP contribution in [0.2, 0.25) is 0 Å². The number of allylic oxidation sites excluding steroid dienone is 10. The maximum Gasteiger partial charge on any atom is 0.472 e. The van der Waals surface area contributed by atoms with Gasteiger partial charge in [-0.2, -0.15) is 0 Å². The molecule has 14 heteroatoms. The Labute approximate surface area is 366 Å². The van der Waals surface area contributed by atoms with Crippen LogP contribution in [0.4, 0.5) is 0 Å². The average molecular weight is 885 g/mol. The molecule has 61 heavy (non-hydrogen) atoms. The number of carbonyl (C=O) groups is 2. The van der Waals surface area contributed by atoms with Gasteiger partial charge in [0.25, 0.3) is 0 Å². The minimum Gasteiger partial charge on any atom is -0.462 e. The fourth-order valence-electron chi connectivity index (χ4n) is 6.62. The highest BCUT2D eigenvalue weighted by Gasteiger charge is 2.51. The van der Waals surface area contributed by atoms with E-state index in [0.717, 1.165) is 89.9 Å². The van der Waals surface area contributed by atoms with Gasteiger partial charge in [-0.1, -0.05) is 139 Å². The summed E-state index contributed by atoms with van der Waals surface area (Å²) in [5.41, 5.74) is 0. The van der Waals surface area contributed by atoms with Gasteiger partial charge in [-0.25, -0.2) is 4.57 Å². The average Bonchev–Trinajstić information content (AvgIpc) is 3.24. The van der Waals surface area contributed by atoms with Gasteiger partial charge in [0.15, 0.2) is 6.10 Å². The van der Waals surface area contributed by atoms with Crippen molar-refractivity contribution in [3.05, 3.63) is 60.8 Å². The second-order valence-corrected chi connectivity index (χ2v) is 17.3. The molecule has 0 bridgehead atoms. The first-order valence-corrected chi connectivity index (χ1v) is 24.6. The maximum absolute atomic E-state index is 12.8.